The van der Waals surface area contributed by atoms with E-state index in [2.05, 4.69) is 96.4 Å². The van der Waals surface area contributed by atoms with Crippen molar-refractivity contribution in [3.05, 3.63) is 76.5 Å². The Balaban J connectivity index is 2.14. The molecule has 1 aliphatic rings. The third-order valence-corrected chi connectivity index (χ3v) is 7.40. The SMILES string of the molecule is CCCCCC(C)[N+](C=C1C(=O)OC(C)(C)OC1=O)(Cc1ccc(CC(C)(C)C)cc1)Nc1ccc(C)cc1C. The summed E-state index contributed by atoms with van der Waals surface area (Å²) in [5.41, 5.74) is 9.49. The summed E-state index contributed by atoms with van der Waals surface area (Å²) >= 11 is 0. The summed E-state index contributed by atoms with van der Waals surface area (Å²) < 4.78 is 11.2. The number of nitrogens with one attached hydrogen (secondary N) is 1. The molecule has 218 valence electrons. The number of anilines is 1. The fourth-order valence-corrected chi connectivity index (χ4v) is 5.27. The molecule has 2 unspecified atom stereocenters. The molecule has 1 heterocycles. The number of unbranched alkanes of at least 4 members (excludes halogenated alkanes) is 2. The van der Waals surface area contributed by atoms with Gasteiger partial charge in [0, 0.05) is 25.8 Å². The van der Waals surface area contributed by atoms with Gasteiger partial charge in [0.25, 0.3) is 5.79 Å². The topological polar surface area (TPSA) is 64.6 Å². The van der Waals surface area contributed by atoms with Crippen LogP contribution < -0.4 is 5.43 Å². The number of quaternary nitrogens is 1. The van der Waals surface area contributed by atoms with Gasteiger partial charge < -0.3 is 9.47 Å². The number of hydrogen-bond acceptors (Lipinski definition) is 5. The van der Waals surface area contributed by atoms with Gasteiger partial charge in [0.05, 0.1) is 5.69 Å². The first-order valence-corrected chi connectivity index (χ1v) is 14.6. The van der Waals surface area contributed by atoms with Crippen molar-refractivity contribution in [3.8, 4) is 0 Å². The molecule has 1 aliphatic heterocycles. The lowest BCUT2D eigenvalue weighted by molar-refractivity contribution is -0.895. The number of carbonyl (C=O) groups is 2. The lowest BCUT2D eigenvalue weighted by Crippen LogP contribution is -2.55. The zero-order chi connectivity index (χ0) is 29.7. The number of esters is 2. The quantitative estimate of drug-likeness (QED) is 0.0770. The minimum Gasteiger partial charge on any atom is -0.419 e. The molecule has 0 bridgehead atoms. The summed E-state index contributed by atoms with van der Waals surface area (Å²) in [5.74, 6) is -2.61. The van der Waals surface area contributed by atoms with Crippen LogP contribution in [-0.4, -0.2) is 28.4 Å². The molecule has 2 atom stereocenters. The molecule has 0 aliphatic carbocycles. The minimum absolute atomic E-state index is 0.0320. The number of benzene rings is 2. The lowest BCUT2D eigenvalue weighted by atomic mass is 9.88. The predicted molar refractivity (Wildman–Crippen MR) is 161 cm³/mol. The molecule has 0 amide bonds. The molecule has 6 heteroatoms. The van der Waals surface area contributed by atoms with Gasteiger partial charge in [-0.2, -0.15) is 4.59 Å². The fourth-order valence-electron chi connectivity index (χ4n) is 5.27. The molecule has 40 heavy (non-hydrogen) atoms. The van der Waals surface area contributed by atoms with E-state index in [0.717, 1.165) is 48.9 Å². The molecule has 1 N–H and O–H groups in total. The second-order valence-corrected chi connectivity index (χ2v) is 13.1. The second-order valence-electron chi connectivity index (χ2n) is 13.1. The van der Waals surface area contributed by atoms with Gasteiger partial charge in [-0.25, -0.2) is 15.0 Å². The maximum atomic E-state index is 13.1. The third kappa shape index (κ3) is 8.44. The van der Waals surface area contributed by atoms with E-state index in [0.29, 0.717) is 6.54 Å². The standard InChI is InChI=1S/C34H49N2O4/c1-10-11-12-13-26(4)36(35-30-19-14-24(2)20-25(30)3,23-29-31(37)39-34(8,9)40-32(29)38)22-28-17-15-27(16-18-28)21-33(5,6)7/h14-20,23,26,35H,10-13,21-22H2,1-9H3/q+1. The van der Waals surface area contributed by atoms with Gasteiger partial charge in [0.1, 0.15) is 18.8 Å². The van der Waals surface area contributed by atoms with E-state index in [1.807, 2.05) is 0 Å². The zero-order valence-electron chi connectivity index (χ0n) is 26.0. The summed E-state index contributed by atoms with van der Waals surface area (Å²) in [6.07, 6.45) is 6.90. The zero-order valence-corrected chi connectivity index (χ0v) is 26.0. The second kappa shape index (κ2) is 12.6. The number of nitrogens with zero attached hydrogens (tertiary/aromatic N) is 1. The first kappa shape index (κ1) is 31.4. The largest absolute Gasteiger partial charge is 0.419 e. The Bertz CT molecular complexity index is 1200. The van der Waals surface area contributed by atoms with E-state index in [4.69, 9.17) is 9.47 Å². The van der Waals surface area contributed by atoms with E-state index >= 15 is 0 Å². The Morgan fingerprint density at radius 3 is 2.10 bits per heavy atom. The molecule has 0 saturated carbocycles. The van der Waals surface area contributed by atoms with Crippen molar-refractivity contribution in [1.82, 2.24) is 0 Å². The van der Waals surface area contributed by atoms with Crippen molar-refractivity contribution >= 4 is 17.6 Å². The molecule has 1 fully saturated rings. The van der Waals surface area contributed by atoms with Crippen LogP contribution in [0, 0.1) is 19.3 Å². The molecule has 2 aromatic carbocycles. The van der Waals surface area contributed by atoms with Crippen molar-refractivity contribution in [1.29, 1.82) is 0 Å². The van der Waals surface area contributed by atoms with E-state index in [1.165, 1.54) is 11.1 Å². The van der Waals surface area contributed by atoms with E-state index < -0.39 is 17.7 Å². The first-order valence-electron chi connectivity index (χ1n) is 14.6. The van der Waals surface area contributed by atoms with Crippen molar-refractivity contribution in [2.75, 3.05) is 5.43 Å². The molecule has 1 saturated heterocycles. The fraction of sp³-hybridized carbons (Fsp3) is 0.529. The van der Waals surface area contributed by atoms with Crippen LogP contribution in [0.1, 0.15) is 96.4 Å². The predicted octanol–water partition coefficient (Wildman–Crippen LogP) is 7.92. The Morgan fingerprint density at radius 2 is 1.55 bits per heavy atom. The molecule has 3 rings (SSSR count). The molecule has 2 aromatic rings. The Kier molecular flexibility index (Phi) is 9.89. The lowest BCUT2D eigenvalue weighted by Gasteiger charge is -2.41. The summed E-state index contributed by atoms with van der Waals surface area (Å²) in [6, 6.07) is 15.0. The van der Waals surface area contributed by atoms with Crippen LogP contribution in [0.3, 0.4) is 0 Å². The first-order chi connectivity index (χ1) is 18.6. The highest BCUT2D eigenvalue weighted by Crippen LogP contribution is 2.32. The molecule has 6 nitrogen and oxygen atoms in total. The Morgan fingerprint density at radius 1 is 0.950 bits per heavy atom. The van der Waals surface area contributed by atoms with Crippen molar-refractivity contribution in [2.45, 2.75) is 113 Å². The van der Waals surface area contributed by atoms with Crippen LogP contribution in [0.25, 0.3) is 0 Å². The molecular weight excluding hydrogens is 500 g/mol. The smallest absolute Gasteiger partial charge is 0.354 e. The number of ether oxygens (including phenoxy) is 2. The monoisotopic (exact) mass is 549 g/mol. The van der Waals surface area contributed by atoms with Gasteiger partial charge in [-0.15, -0.1) is 0 Å². The Hall–Kier alpha value is -3.12. The normalized spacial score (nSPS) is 17.5. The number of cyclic esters (lactones) is 2. The highest BCUT2D eigenvalue weighted by atomic mass is 16.7. The van der Waals surface area contributed by atoms with Crippen molar-refractivity contribution < 1.29 is 23.7 Å². The molecule has 0 radical (unpaired) electrons. The number of rotatable bonds is 11. The van der Waals surface area contributed by atoms with Gasteiger partial charge in [-0.3, -0.25) is 0 Å². The van der Waals surface area contributed by atoms with Crippen LogP contribution in [0.15, 0.2) is 54.2 Å². The summed E-state index contributed by atoms with van der Waals surface area (Å²) in [5, 5.41) is 0. The van der Waals surface area contributed by atoms with Gasteiger partial charge in [-0.1, -0.05) is 82.5 Å². The maximum Gasteiger partial charge on any atom is 0.354 e. The average molecular weight is 550 g/mol. The van der Waals surface area contributed by atoms with Crippen LogP contribution in [0.2, 0.25) is 0 Å². The molecule has 0 spiro atoms. The number of aryl methyl sites for hydroxylation is 2. The average Bonchev–Trinajstić information content (AvgIpc) is 2.83. The van der Waals surface area contributed by atoms with E-state index in [-0.39, 0.29) is 21.6 Å². The van der Waals surface area contributed by atoms with E-state index in [9.17, 15) is 9.59 Å². The number of hydrogen-bond donors (Lipinski definition) is 1. The Labute approximate surface area is 241 Å². The summed E-state index contributed by atoms with van der Waals surface area (Å²) in [4.78, 5) is 26.3. The molecule has 0 aromatic heterocycles. The van der Waals surface area contributed by atoms with Crippen LogP contribution in [0.5, 0.6) is 0 Å². The van der Waals surface area contributed by atoms with Crippen molar-refractivity contribution in [3.63, 3.8) is 0 Å². The van der Waals surface area contributed by atoms with Gasteiger partial charge in [-0.05, 0) is 56.2 Å². The van der Waals surface area contributed by atoms with Crippen LogP contribution in [-0.2, 0) is 32.0 Å². The van der Waals surface area contributed by atoms with Crippen molar-refractivity contribution in [2.24, 2.45) is 5.41 Å². The van der Waals surface area contributed by atoms with E-state index in [1.54, 1.807) is 20.0 Å². The van der Waals surface area contributed by atoms with Gasteiger partial charge >= 0.3 is 11.9 Å². The van der Waals surface area contributed by atoms with Gasteiger partial charge in [0.2, 0.25) is 0 Å². The highest BCUT2D eigenvalue weighted by Gasteiger charge is 2.44. The minimum atomic E-state index is -1.29. The van der Waals surface area contributed by atoms with Crippen LogP contribution in [0.4, 0.5) is 5.69 Å². The maximum absolute atomic E-state index is 13.1. The van der Waals surface area contributed by atoms with Gasteiger partial charge in [0.15, 0.2) is 5.57 Å². The summed E-state index contributed by atoms with van der Waals surface area (Å²) in [6.45, 7) is 18.9. The third-order valence-electron chi connectivity index (χ3n) is 7.40. The highest BCUT2D eigenvalue weighted by molar-refractivity contribution is 6.15. The van der Waals surface area contributed by atoms with Crippen LogP contribution >= 0.6 is 0 Å². The summed E-state index contributed by atoms with van der Waals surface area (Å²) in [7, 11) is 0. The molecular formula is C34H49N2O4+. The number of carbonyl (C=O) groups excluding carboxylic acids is 2.